The Labute approximate surface area is 343 Å². The molecule has 0 fully saturated rings. The van der Waals surface area contributed by atoms with Crippen molar-refractivity contribution in [3.8, 4) is 50.2 Å². The van der Waals surface area contributed by atoms with E-state index in [4.69, 9.17) is 0 Å². The summed E-state index contributed by atoms with van der Waals surface area (Å²) in [5, 5.41) is 2.56. The van der Waals surface area contributed by atoms with Crippen molar-refractivity contribution in [3.05, 3.63) is 247 Å². The van der Waals surface area contributed by atoms with Gasteiger partial charge in [-0.25, -0.2) is 0 Å². The second-order valence-corrected chi connectivity index (χ2v) is 14.8. The predicted octanol–water partition coefficient (Wildman–Crippen LogP) is 15.8. The van der Waals surface area contributed by atoms with Crippen LogP contribution in [0.5, 0.6) is 0 Å². The van der Waals surface area contributed by atoms with Crippen molar-refractivity contribution in [1.82, 2.24) is 4.57 Å². The fourth-order valence-corrected chi connectivity index (χ4v) is 7.70. The van der Waals surface area contributed by atoms with E-state index < -0.39 is 0 Å². The first kappa shape index (κ1) is 37.7. The van der Waals surface area contributed by atoms with Crippen LogP contribution in [-0.4, -0.2) is 4.57 Å². The van der Waals surface area contributed by atoms with Gasteiger partial charge in [0.05, 0.1) is 11.0 Å². The number of aryl methyl sites for hydroxylation is 3. The summed E-state index contributed by atoms with van der Waals surface area (Å²) in [6.07, 6.45) is 0. The normalized spacial score (nSPS) is 10.7. The van der Waals surface area contributed by atoms with E-state index in [0.717, 1.165) is 0 Å². The van der Waals surface area contributed by atoms with Crippen LogP contribution >= 0.6 is 0 Å². The van der Waals surface area contributed by atoms with Crippen LogP contribution in [0.15, 0.2) is 231 Å². The second-order valence-electron chi connectivity index (χ2n) is 14.8. The largest absolute Gasteiger partial charge is 0.309 e. The molecule has 1 aromatic heterocycles. The van der Waals surface area contributed by atoms with Crippen LogP contribution < -0.4 is 0 Å². The van der Waals surface area contributed by atoms with E-state index in [1.54, 1.807) is 0 Å². The number of hydrogen-bond donors (Lipinski definition) is 0. The van der Waals surface area contributed by atoms with Crippen molar-refractivity contribution >= 4 is 21.8 Å². The van der Waals surface area contributed by atoms with Crippen LogP contribution in [0.1, 0.15) is 16.7 Å². The zero-order chi connectivity index (χ0) is 39.7. The molecule has 10 rings (SSSR count). The number of nitrogens with zero attached hydrogens (tertiary/aromatic N) is 1. The maximum atomic E-state index is 2.38. The summed E-state index contributed by atoms with van der Waals surface area (Å²) in [6.45, 7) is 6.38. The summed E-state index contributed by atoms with van der Waals surface area (Å²) in [7, 11) is 0. The Morgan fingerprint density at radius 3 is 1.19 bits per heavy atom. The monoisotopic (exact) mass is 745 g/mol. The minimum Gasteiger partial charge on any atom is -0.309 e. The Morgan fingerprint density at radius 2 is 0.655 bits per heavy atom. The van der Waals surface area contributed by atoms with E-state index in [0.29, 0.717) is 0 Å². The van der Waals surface area contributed by atoms with Crippen molar-refractivity contribution in [2.24, 2.45) is 0 Å². The van der Waals surface area contributed by atoms with E-state index in [-0.39, 0.29) is 0 Å². The fourth-order valence-electron chi connectivity index (χ4n) is 7.70. The lowest BCUT2D eigenvalue weighted by atomic mass is 9.93. The van der Waals surface area contributed by atoms with E-state index in [9.17, 15) is 0 Å². The number of rotatable bonds is 5. The maximum Gasteiger partial charge on any atom is 0.0547 e. The molecule has 0 bridgehead atoms. The highest BCUT2D eigenvalue weighted by atomic mass is 15.0. The van der Waals surface area contributed by atoms with Crippen LogP contribution in [0.25, 0.3) is 72.0 Å². The minimum atomic E-state index is 1.18. The van der Waals surface area contributed by atoms with E-state index in [2.05, 4.69) is 244 Å². The van der Waals surface area contributed by atoms with Crippen LogP contribution in [0.4, 0.5) is 0 Å². The molecule has 0 atom stereocenters. The van der Waals surface area contributed by atoms with E-state index >= 15 is 0 Å². The van der Waals surface area contributed by atoms with Gasteiger partial charge in [0.15, 0.2) is 0 Å². The molecule has 10 aromatic rings. The van der Waals surface area contributed by atoms with Gasteiger partial charge in [0.1, 0.15) is 0 Å². The van der Waals surface area contributed by atoms with Gasteiger partial charge in [-0.3, -0.25) is 0 Å². The van der Waals surface area contributed by atoms with Gasteiger partial charge < -0.3 is 4.57 Å². The number of hydrogen-bond acceptors (Lipinski definition) is 0. The molecule has 0 aliphatic heterocycles. The standard InChI is InChI=1S/C31H23N.2C13H12/c1-22-10-9-11-23(20-22)26-14-5-6-15-27(26)24-18-19-29-28-16-7-8-17-30(28)32(31(29)21-24)25-12-3-2-4-13-25;2*1-11-6-5-9-13(10-11)12-7-3-2-4-8-12/h2-21H,1H3;2*2-10H,1H3. The van der Waals surface area contributed by atoms with Gasteiger partial charge in [-0.15, -0.1) is 0 Å². The van der Waals surface area contributed by atoms with Gasteiger partial charge in [0.25, 0.3) is 0 Å². The number of para-hydroxylation sites is 2. The third-order valence-electron chi connectivity index (χ3n) is 10.5. The average Bonchev–Trinajstić information content (AvgIpc) is 3.61. The number of aromatic nitrogens is 1. The highest BCUT2D eigenvalue weighted by molar-refractivity contribution is 6.10. The Balaban J connectivity index is 0.000000148. The van der Waals surface area contributed by atoms with Crippen molar-refractivity contribution in [3.63, 3.8) is 0 Å². The molecular weight excluding hydrogens is 699 g/mol. The van der Waals surface area contributed by atoms with Crippen molar-refractivity contribution in [2.45, 2.75) is 20.8 Å². The molecule has 1 heterocycles. The smallest absolute Gasteiger partial charge is 0.0547 e. The van der Waals surface area contributed by atoms with Gasteiger partial charge in [-0.2, -0.15) is 0 Å². The molecule has 0 unspecified atom stereocenters. The molecule has 0 N–H and O–H groups in total. The molecule has 280 valence electrons. The summed E-state index contributed by atoms with van der Waals surface area (Å²) in [4.78, 5) is 0. The first-order valence-electron chi connectivity index (χ1n) is 20.0. The summed E-state index contributed by atoms with van der Waals surface area (Å²) in [6, 6.07) is 81.7. The highest BCUT2D eigenvalue weighted by Gasteiger charge is 2.14. The van der Waals surface area contributed by atoms with E-state index in [1.165, 1.54) is 88.7 Å². The molecule has 1 nitrogen and oxygen atoms in total. The molecule has 0 saturated heterocycles. The first-order chi connectivity index (χ1) is 28.5. The Morgan fingerprint density at radius 1 is 0.259 bits per heavy atom. The predicted molar refractivity (Wildman–Crippen MR) is 250 cm³/mol. The lowest BCUT2D eigenvalue weighted by molar-refractivity contribution is 1.18. The van der Waals surface area contributed by atoms with Gasteiger partial charge >= 0.3 is 0 Å². The van der Waals surface area contributed by atoms with Crippen molar-refractivity contribution in [2.75, 3.05) is 0 Å². The average molecular weight is 746 g/mol. The fraction of sp³-hybridized carbons (Fsp3) is 0.0526. The second kappa shape index (κ2) is 17.7. The third kappa shape index (κ3) is 8.60. The third-order valence-corrected chi connectivity index (χ3v) is 10.5. The summed E-state index contributed by atoms with van der Waals surface area (Å²) in [5.74, 6) is 0. The van der Waals surface area contributed by atoms with Gasteiger partial charge in [0.2, 0.25) is 0 Å². The van der Waals surface area contributed by atoms with E-state index in [1.807, 2.05) is 12.1 Å². The zero-order valence-corrected chi connectivity index (χ0v) is 33.4. The molecule has 58 heavy (non-hydrogen) atoms. The molecule has 0 amide bonds. The Hall–Kier alpha value is -7.22. The lowest BCUT2D eigenvalue weighted by Crippen LogP contribution is -1.93. The summed E-state index contributed by atoms with van der Waals surface area (Å²) < 4.78 is 2.38. The molecule has 0 spiro atoms. The van der Waals surface area contributed by atoms with Crippen LogP contribution in [0, 0.1) is 20.8 Å². The van der Waals surface area contributed by atoms with Crippen LogP contribution in [-0.2, 0) is 0 Å². The quantitative estimate of drug-likeness (QED) is 0.165. The highest BCUT2D eigenvalue weighted by Crippen LogP contribution is 2.38. The van der Waals surface area contributed by atoms with Gasteiger partial charge in [-0.1, -0.05) is 223 Å². The van der Waals surface area contributed by atoms with Crippen LogP contribution in [0.2, 0.25) is 0 Å². The minimum absolute atomic E-state index is 1.18. The lowest BCUT2D eigenvalue weighted by Gasteiger charge is -2.12. The molecule has 0 saturated carbocycles. The molecule has 0 aliphatic rings. The molecule has 9 aromatic carbocycles. The number of benzene rings is 9. The van der Waals surface area contributed by atoms with Crippen molar-refractivity contribution in [1.29, 1.82) is 0 Å². The molecular formula is C57H47N. The maximum absolute atomic E-state index is 2.38. The molecule has 0 aliphatic carbocycles. The van der Waals surface area contributed by atoms with Gasteiger partial charge in [0, 0.05) is 16.5 Å². The van der Waals surface area contributed by atoms with Crippen molar-refractivity contribution < 1.29 is 0 Å². The molecule has 1 heteroatoms. The van der Waals surface area contributed by atoms with Crippen LogP contribution in [0.3, 0.4) is 0 Å². The number of fused-ring (bicyclic) bond motifs is 3. The summed E-state index contributed by atoms with van der Waals surface area (Å²) >= 11 is 0. The zero-order valence-electron chi connectivity index (χ0n) is 33.4. The first-order valence-corrected chi connectivity index (χ1v) is 20.0. The SMILES string of the molecule is Cc1cccc(-c2ccccc2)c1.Cc1cccc(-c2ccccc2)c1.Cc1cccc(-c2ccccc2-c2ccc3c4ccccc4n(-c4ccccc4)c3c2)c1. The summed E-state index contributed by atoms with van der Waals surface area (Å²) in [5.41, 5.74) is 17.7. The topological polar surface area (TPSA) is 4.93 Å². The Bertz CT molecular complexity index is 2820. The van der Waals surface area contributed by atoms with Gasteiger partial charge in [-0.05, 0) is 89.5 Å². The molecule has 0 radical (unpaired) electrons. The Kier molecular flexibility index (Phi) is 11.5.